The smallest absolute Gasteiger partial charge is 0.260 e. The van der Waals surface area contributed by atoms with Crippen molar-refractivity contribution in [2.75, 3.05) is 5.32 Å². The molecule has 0 saturated heterocycles. The average Bonchev–Trinajstić information content (AvgIpc) is 3.27. The van der Waals surface area contributed by atoms with Crippen molar-refractivity contribution < 1.29 is 13.6 Å². The number of carbonyl (C=O) groups excluding carboxylic acids is 1. The maximum absolute atomic E-state index is 13.7. The molecule has 3 aromatic heterocycles. The van der Waals surface area contributed by atoms with Gasteiger partial charge in [0.1, 0.15) is 17.5 Å². The number of fused-ring (bicyclic) bond motifs is 1. The van der Waals surface area contributed by atoms with E-state index in [0.29, 0.717) is 44.7 Å². The van der Waals surface area contributed by atoms with E-state index in [2.05, 4.69) is 15.3 Å². The Hall–Kier alpha value is -4.59. The van der Waals surface area contributed by atoms with Crippen LogP contribution in [0.15, 0.2) is 83.9 Å². The summed E-state index contributed by atoms with van der Waals surface area (Å²) in [6.45, 7) is 1.73. The van der Waals surface area contributed by atoms with Crippen LogP contribution < -0.4 is 10.9 Å². The summed E-state index contributed by atoms with van der Waals surface area (Å²) in [4.78, 5) is 33.5. The number of aryl methyl sites for hydroxylation is 1. The highest BCUT2D eigenvalue weighted by molar-refractivity contribution is 6.03. The molecule has 1 atom stereocenters. The normalized spacial score (nSPS) is 12.0. The molecule has 2 N–H and O–H groups in total. The van der Waals surface area contributed by atoms with Crippen molar-refractivity contribution >= 4 is 22.6 Å². The fourth-order valence-corrected chi connectivity index (χ4v) is 4.21. The number of halogens is 2. The number of H-pyrrole nitrogens is 1. The molecule has 0 unspecified atom stereocenters. The van der Waals surface area contributed by atoms with E-state index in [1.807, 2.05) is 6.07 Å². The summed E-state index contributed by atoms with van der Waals surface area (Å²) in [5, 5.41) is 3.29. The average molecular weight is 485 g/mol. The summed E-state index contributed by atoms with van der Waals surface area (Å²) in [6.07, 6.45) is 3.24. The highest BCUT2D eigenvalue weighted by Crippen LogP contribution is 2.37. The Balaban J connectivity index is 1.56. The number of hydrogen-bond acceptors (Lipinski definition) is 3. The molecule has 0 aliphatic carbocycles. The molecule has 2 aromatic carbocycles. The molecule has 5 aromatic rings. The lowest BCUT2D eigenvalue weighted by Gasteiger charge is -2.13. The number of rotatable bonds is 5. The number of benzene rings is 2. The van der Waals surface area contributed by atoms with Gasteiger partial charge >= 0.3 is 0 Å². The van der Waals surface area contributed by atoms with E-state index in [-0.39, 0.29) is 23.1 Å². The van der Waals surface area contributed by atoms with E-state index in [9.17, 15) is 18.4 Å². The maximum atomic E-state index is 13.7. The fourth-order valence-electron chi connectivity index (χ4n) is 4.21. The number of nitrogens with one attached hydrogen (secondary N) is 2. The third-order valence-electron chi connectivity index (χ3n) is 6.22. The predicted octanol–water partition coefficient (Wildman–Crippen LogP) is 5.62. The number of aromatic amines is 1. The summed E-state index contributed by atoms with van der Waals surface area (Å²) in [7, 11) is 1.67. The zero-order valence-electron chi connectivity index (χ0n) is 19.5. The number of amides is 1. The lowest BCUT2D eigenvalue weighted by molar-refractivity contribution is -0.117. The summed E-state index contributed by atoms with van der Waals surface area (Å²) in [5.74, 6) is -1.25. The Morgan fingerprint density at radius 2 is 1.64 bits per heavy atom. The van der Waals surface area contributed by atoms with Crippen molar-refractivity contribution in [3.63, 3.8) is 0 Å². The van der Waals surface area contributed by atoms with Crippen molar-refractivity contribution in [2.24, 2.45) is 7.05 Å². The highest BCUT2D eigenvalue weighted by atomic mass is 19.1. The zero-order valence-corrected chi connectivity index (χ0v) is 19.5. The van der Waals surface area contributed by atoms with Gasteiger partial charge in [0.05, 0.1) is 22.5 Å². The fraction of sp³-hybridized carbons (Fsp3) is 0.107. The second-order valence-electron chi connectivity index (χ2n) is 8.59. The van der Waals surface area contributed by atoms with Gasteiger partial charge in [-0.25, -0.2) is 13.8 Å². The molecule has 8 heteroatoms. The Labute approximate surface area is 205 Å². The lowest BCUT2D eigenvalue weighted by atomic mass is 9.99. The van der Waals surface area contributed by atoms with Gasteiger partial charge in [-0.05, 0) is 60.5 Å². The van der Waals surface area contributed by atoms with Crippen LogP contribution in [0, 0.1) is 11.6 Å². The van der Waals surface area contributed by atoms with Gasteiger partial charge in [-0.1, -0.05) is 24.3 Å². The van der Waals surface area contributed by atoms with Gasteiger partial charge in [-0.3, -0.25) is 9.59 Å². The van der Waals surface area contributed by atoms with Crippen LogP contribution in [0.5, 0.6) is 0 Å². The third-order valence-corrected chi connectivity index (χ3v) is 6.22. The van der Waals surface area contributed by atoms with Gasteiger partial charge in [0, 0.05) is 30.6 Å². The summed E-state index contributed by atoms with van der Waals surface area (Å²) < 4.78 is 28.4. The van der Waals surface area contributed by atoms with Gasteiger partial charge < -0.3 is 14.9 Å². The molecule has 5 rings (SSSR count). The number of aromatic nitrogens is 3. The van der Waals surface area contributed by atoms with E-state index in [0.717, 1.165) is 0 Å². The van der Waals surface area contributed by atoms with Crippen LogP contribution in [-0.2, 0) is 11.8 Å². The largest absolute Gasteiger partial charge is 0.354 e. The molecule has 1 amide bonds. The van der Waals surface area contributed by atoms with Crippen molar-refractivity contribution in [3.8, 4) is 22.4 Å². The first-order chi connectivity index (χ1) is 17.3. The number of hydrogen-bond donors (Lipinski definition) is 2. The van der Waals surface area contributed by atoms with E-state index in [1.165, 1.54) is 28.8 Å². The predicted molar refractivity (Wildman–Crippen MR) is 136 cm³/mol. The monoisotopic (exact) mass is 484 g/mol. The van der Waals surface area contributed by atoms with Crippen molar-refractivity contribution in [1.29, 1.82) is 0 Å². The second-order valence-corrected chi connectivity index (χ2v) is 8.59. The quantitative estimate of drug-likeness (QED) is 0.340. The Morgan fingerprint density at radius 3 is 2.33 bits per heavy atom. The molecule has 0 saturated carbocycles. The van der Waals surface area contributed by atoms with Crippen LogP contribution in [0.1, 0.15) is 18.4 Å². The van der Waals surface area contributed by atoms with E-state index in [1.54, 1.807) is 62.8 Å². The molecule has 0 spiro atoms. The minimum Gasteiger partial charge on any atom is -0.354 e. The minimum atomic E-state index is -0.526. The summed E-state index contributed by atoms with van der Waals surface area (Å²) >= 11 is 0. The molecular weight excluding hydrogens is 462 g/mol. The van der Waals surface area contributed by atoms with Gasteiger partial charge in [0.25, 0.3) is 5.56 Å². The third kappa shape index (κ3) is 4.29. The molecular formula is C28H22F2N4O2. The number of carbonyl (C=O) groups is 1. The van der Waals surface area contributed by atoms with Crippen molar-refractivity contribution in [2.45, 2.75) is 12.8 Å². The topological polar surface area (TPSA) is 79.8 Å². The van der Waals surface area contributed by atoms with Gasteiger partial charge in [0.15, 0.2) is 0 Å². The number of anilines is 1. The van der Waals surface area contributed by atoms with E-state index >= 15 is 0 Å². The van der Waals surface area contributed by atoms with Crippen molar-refractivity contribution in [1.82, 2.24) is 14.5 Å². The molecule has 3 heterocycles. The van der Waals surface area contributed by atoms with E-state index < -0.39 is 5.92 Å². The molecule has 180 valence electrons. The van der Waals surface area contributed by atoms with Crippen LogP contribution in [-0.4, -0.2) is 20.4 Å². The van der Waals surface area contributed by atoms with Crippen LogP contribution in [0.25, 0.3) is 33.3 Å². The SMILES string of the molecule is C[C@@H](C(=O)Nc1cc(-c2[nH]c3ccn(C)c(=O)c3c2-c2ccc(F)cc2)ccn1)c1ccc(F)cc1. The second kappa shape index (κ2) is 9.22. The molecule has 0 aliphatic heterocycles. The molecule has 6 nitrogen and oxygen atoms in total. The van der Waals surface area contributed by atoms with Crippen LogP contribution in [0.3, 0.4) is 0 Å². The first-order valence-electron chi connectivity index (χ1n) is 11.3. The zero-order chi connectivity index (χ0) is 25.4. The van der Waals surface area contributed by atoms with Crippen molar-refractivity contribution in [3.05, 3.63) is 107 Å². The van der Waals surface area contributed by atoms with Crippen LogP contribution in [0.2, 0.25) is 0 Å². The number of pyridine rings is 2. The van der Waals surface area contributed by atoms with Crippen LogP contribution in [0.4, 0.5) is 14.6 Å². The van der Waals surface area contributed by atoms with Gasteiger partial charge in [-0.2, -0.15) is 0 Å². The first-order valence-corrected chi connectivity index (χ1v) is 11.3. The molecule has 0 radical (unpaired) electrons. The Morgan fingerprint density at radius 1 is 0.972 bits per heavy atom. The van der Waals surface area contributed by atoms with Crippen LogP contribution >= 0.6 is 0 Å². The van der Waals surface area contributed by atoms with E-state index in [4.69, 9.17) is 0 Å². The minimum absolute atomic E-state index is 0.190. The number of nitrogens with zero attached hydrogens (tertiary/aromatic N) is 2. The van der Waals surface area contributed by atoms with Gasteiger partial charge in [-0.15, -0.1) is 0 Å². The summed E-state index contributed by atoms with van der Waals surface area (Å²) in [6, 6.07) is 17.0. The molecule has 0 aliphatic rings. The first kappa shape index (κ1) is 23.2. The Kier molecular flexibility index (Phi) is 5.93. The molecule has 0 bridgehead atoms. The summed E-state index contributed by atoms with van der Waals surface area (Å²) in [5.41, 5.74) is 3.76. The highest BCUT2D eigenvalue weighted by Gasteiger charge is 2.20. The Bertz CT molecular complexity index is 1640. The van der Waals surface area contributed by atoms with Gasteiger partial charge in [0.2, 0.25) is 5.91 Å². The molecule has 36 heavy (non-hydrogen) atoms. The molecule has 0 fully saturated rings. The standard InChI is InChI=1S/C28H22F2N4O2/c1-16(17-3-7-20(29)8-4-17)27(35)33-23-15-19(11-13-31-23)26-24(18-5-9-21(30)10-6-18)25-22(32-26)12-14-34(2)28(25)36/h3-16,32H,1-2H3,(H,31,33,35)/t16-/m1/s1. The lowest BCUT2D eigenvalue weighted by Crippen LogP contribution is -2.19. The maximum Gasteiger partial charge on any atom is 0.260 e.